The first kappa shape index (κ1) is 13.1. The minimum Gasteiger partial charge on any atom is -0.459 e. The Labute approximate surface area is 108 Å². The first-order chi connectivity index (χ1) is 8.66. The largest absolute Gasteiger partial charge is 0.459 e. The molecule has 18 heavy (non-hydrogen) atoms. The van der Waals surface area contributed by atoms with Gasteiger partial charge in [0.15, 0.2) is 0 Å². The van der Waals surface area contributed by atoms with E-state index in [-0.39, 0.29) is 12.1 Å². The van der Waals surface area contributed by atoms with Crippen molar-refractivity contribution in [3.05, 3.63) is 35.4 Å². The third-order valence-electron chi connectivity index (χ3n) is 3.03. The predicted molar refractivity (Wildman–Crippen MR) is 69.6 cm³/mol. The number of epoxide rings is 1. The summed E-state index contributed by atoms with van der Waals surface area (Å²) in [5.74, 6) is 0.402. The highest BCUT2D eigenvalue weighted by Crippen LogP contribution is 2.16. The van der Waals surface area contributed by atoms with E-state index in [1.165, 1.54) is 0 Å². The maximum Gasteiger partial charge on any atom is 0.338 e. The molecule has 0 spiro atoms. The van der Waals surface area contributed by atoms with Crippen LogP contribution in [0.2, 0.25) is 0 Å². The number of ether oxygens (including phenoxy) is 2. The van der Waals surface area contributed by atoms with Gasteiger partial charge in [0.1, 0.15) is 12.7 Å². The van der Waals surface area contributed by atoms with E-state index < -0.39 is 0 Å². The third kappa shape index (κ3) is 3.84. The molecule has 0 amide bonds. The van der Waals surface area contributed by atoms with E-state index >= 15 is 0 Å². The van der Waals surface area contributed by atoms with Gasteiger partial charge in [0.05, 0.1) is 12.2 Å². The van der Waals surface area contributed by atoms with Gasteiger partial charge in [-0.25, -0.2) is 4.79 Å². The molecule has 0 aromatic heterocycles. The van der Waals surface area contributed by atoms with Crippen LogP contribution in [0.25, 0.3) is 0 Å². The van der Waals surface area contributed by atoms with Crippen molar-refractivity contribution < 1.29 is 14.3 Å². The fourth-order valence-electron chi connectivity index (χ4n) is 1.79. The summed E-state index contributed by atoms with van der Waals surface area (Å²) in [6.45, 7) is 5.45. The summed E-state index contributed by atoms with van der Waals surface area (Å²) >= 11 is 0. The van der Waals surface area contributed by atoms with Crippen molar-refractivity contribution in [2.24, 2.45) is 5.92 Å². The Hall–Kier alpha value is -1.35. The summed E-state index contributed by atoms with van der Waals surface area (Å²) in [6.07, 6.45) is 2.12. The Morgan fingerprint density at radius 1 is 1.44 bits per heavy atom. The summed E-state index contributed by atoms with van der Waals surface area (Å²) in [6, 6.07) is 7.69. The zero-order valence-corrected chi connectivity index (χ0v) is 11.0. The molecular weight excluding hydrogens is 228 g/mol. The average Bonchev–Trinajstić information content (AvgIpc) is 3.18. The van der Waals surface area contributed by atoms with Gasteiger partial charge in [-0.3, -0.25) is 0 Å². The number of esters is 1. The number of hydrogen-bond acceptors (Lipinski definition) is 3. The van der Waals surface area contributed by atoms with E-state index in [1.54, 1.807) is 0 Å². The summed E-state index contributed by atoms with van der Waals surface area (Å²) in [5, 5.41) is 0. The number of carbonyl (C=O) groups is 1. The first-order valence-corrected chi connectivity index (χ1v) is 6.53. The molecular formula is C15H20O3. The Morgan fingerprint density at radius 3 is 2.83 bits per heavy atom. The molecule has 1 fully saturated rings. The topological polar surface area (TPSA) is 38.8 Å². The van der Waals surface area contributed by atoms with Crippen molar-refractivity contribution in [3.63, 3.8) is 0 Å². The predicted octanol–water partition coefficient (Wildman–Crippen LogP) is 2.83. The zero-order valence-electron chi connectivity index (χ0n) is 11.0. The van der Waals surface area contributed by atoms with Crippen molar-refractivity contribution >= 4 is 5.97 Å². The van der Waals surface area contributed by atoms with E-state index in [2.05, 4.69) is 13.8 Å². The fourth-order valence-corrected chi connectivity index (χ4v) is 1.79. The van der Waals surface area contributed by atoms with Crippen molar-refractivity contribution in [1.82, 2.24) is 0 Å². The van der Waals surface area contributed by atoms with Gasteiger partial charge < -0.3 is 9.47 Å². The molecule has 1 aliphatic rings. The van der Waals surface area contributed by atoms with Crippen LogP contribution in [0.1, 0.15) is 36.2 Å². The van der Waals surface area contributed by atoms with E-state index in [0.29, 0.717) is 24.7 Å². The number of rotatable bonds is 6. The van der Waals surface area contributed by atoms with Gasteiger partial charge in [0.25, 0.3) is 0 Å². The number of aryl methyl sites for hydroxylation is 1. The van der Waals surface area contributed by atoms with Crippen molar-refractivity contribution in [1.29, 1.82) is 0 Å². The van der Waals surface area contributed by atoms with Crippen LogP contribution in [0.15, 0.2) is 24.3 Å². The molecule has 1 aliphatic heterocycles. The van der Waals surface area contributed by atoms with Crippen LogP contribution in [0.4, 0.5) is 0 Å². The Morgan fingerprint density at radius 2 is 2.17 bits per heavy atom. The van der Waals surface area contributed by atoms with Gasteiger partial charge in [-0.15, -0.1) is 0 Å². The van der Waals surface area contributed by atoms with Crippen molar-refractivity contribution in [3.8, 4) is 0 Å². The maximum atomic E-state index is 12.0. The van der Waals surface area contributed by atoms with Gasteiger partial charge in [-0.1, -0.05) is 32.0 Å². The molecule has 3 heteroatoms. The fraction of sp³-hybridized carbons (Fsp3) is 0.533. The van der Waals surface area contributed by atoms with Crippen molar-refractivity contribution in [2.45, 2.75) is 32.8 Å². The van der Waals surface area contributed by atoms with Gasteiger partial charge in [-0.05, 0) is 30.4 Å². The van der Waals surface area contributed by atoms with Gasteiger partial charge in [-0.2, -0.15) is 0 Å². The van der Waals surface area contributed by atoms with Crippen LogP contribution < -0.4 is 0 Å². The Balaban J connectivity index is 1.98. The van der Waals surface area contributed by atoms with Crippen LogP contribution in [0.3, 0.4) is 0 Å². The Bertz CT molecular complexity index is 408. The lowest BCUT2D eigenvalue weighted by atomic mass is 9.98. The van der Waals surface area contributed by atoms with Gasteiger partial charge >= 0.3 is 5.97 Å². The SMILES string of the molecule is CC(C)CCc1ccccc1C(=O)OCC1CO1. The molecule has 1 atom stereocenters. The second kappa shape index (κ2) is 6.01. The van der Waals surface area contributed by atoms with E-state index in [0.717, 1.165) is 18.4 Å². The lowest BCUT2D eigenvalue weighted by molar-refractivity contribution is 0.0475. The minimum atomic E-state index is -0.232. The molecule has 0 radical (unpaired) electrons. The zero-order chi connectivity index (χ0) is 13.0. The number of carbonyl (C=O) groups excluding carboxylic acids is 1. The third-order valence-corrected chi connectivity index (χ3v) is 3.03. The van der Waals surface area contributed by atoms with E-state index in [9.17, 15) is 4.79 Å². The van der Waals surface area contributed by atoms with Gasteiger partial charge in [0.2, 0.25) is 0 Å². The smallest absolute Gasteiger partial charge is 0.338 e. The minimum absolute atomic E-state index is 0.122. The molecule has 0 saturated carbocycles. The molecule has 0 N–H and O–H groups in total. The second-order valence-electron chi connectivity index (χ2n) is 5.14. The molecule has 1 aromatic rings. The molecule has 0 aliphatic carbocycles. The number of benzene rings is 1. The van der Waals surface area contributed by atoms with Crippen molar-refractivity contribution in [2.75, 3.05) is 13.2 Å². The molecule has 1 unspecified atom stereocenters. The molecule has 0 bridgehead atoms. The van der Waals surface area contributed by atoms with Crippen LogP contribution >= 0.6 is 0 Å². The lowest BCUT2D eigenvalue weighted by Crippen LogP contribution is -2.12. The summed E-state index contributed by atoms with van der Waals surface area (Å²) in [5.41, 5.74) is 1.77. The molecule has 3 nitrogen and oxygen atoms in total. The summed E-state index contributed by atoms with van der Waals surface area (Å²) in [4.78, 5) is 12.0. The van der Waals surface area contributed by atoms with E-state index in [1.807, 2.05) is 24.3 Å². The molecule has 1 heterocycles. The monoisotopic (exact) mass is 248 g/mol. The Kier molecular flexibility index (Phi) is 4.37. The highest BCUT2D eigenvalue weighted by Gasteiger charge is 2.25. The quantitative estimate of drug-likeness (QED) is 0.574. The van der Waals surface area contributed by atoms with Crippen LogP contribution in [0.5, 0.6) is 0 Å². The second-order valence-corrected chi connectivity index (χ2v) is 5.14. The highest BCUT2D eigenvalue weighted by atomic mass is 16.6. The molecule has 1 saturated heterocycles. The van der Waals surface area contributed by atoms with Crippen LogP contribution in [-0.2, 0) is 15.9 Å². The lowest BCUT2D eigenvalue weighted by Gasteiger charge is -2.10. The average molecular weight is 248 g/mol. The summed E-state index contributed by atoms with van der Waals surface area (Å²) in [7, 11) is 0. The maximum absolute atomic E-state index is 12.0. The van der Waals surface area contributed by atoms with Gasteiger partial charge in [0, 0.05) is 0 Å². The first-order valence-electron chi connectivity index (χ1n) is 6.53. The molecule has 2 rings (SSSR count). The van der Waals surface area contributed by atoms with Crippen LogP contribution in [-0.4, -0.2) is 25.3 Å². The van der Waals surface area contributed by atoms with E-state index in [4.69, 9.17) is 9.47 Å². The molecule has 1 aromatic carbocycles. The number of hydrogen-bond donors (Lipinski definition) is 0. The molecule has 98 valence electrons. The highest BCUT2D eigenvalue weighted by molar-refractivity contribution is 5.91. The summed E-state index contributed by atoms with van der Waals surface area (Å²) < 4.78 is 10.3. The normalized spacial score (nSPS) is 17.8. The van der Waals surface area contributed by atoms with Crippen LogP contribution in [0, 0.1) is 5.92 Å². The standard InChI is InChI=1S/C15H20O3/c1-11(2)7-8-12-5-3-4-6-14(12)15(16)18-10-13-9-17-13/h3-6,11,13H,7-10H2,1-2H3.